The Morgan fingerprint density at radius 2 is 2.05 bits per heavy atom. The van der Waals surface area contributed by atoms with Crippen molar-refractivity contribution in [3.05, 3.63) is 38.3 Å². The Balaban J connectivity index is 2.52. The summed E-state index contributed by atoms with van der Waals surface area (Å²) >= 11 is 3.26. The molecule has 0 aliphatic carbocycles. The Morgan fingerprint density at radius 3 is 2.60 bits per heavy atom. The van der Waals surface area contributed by atoms with E-state index in [0.717, 1.165) is 5.56 Å². The highest BCUT2D eigenvalue weighted by molar-refractivity contribution is 9.10. The number of benzene rings is 1. The van der Waals surface area contributed by atoms with Gasteiger partial charge in [-0.2, -0.15) is 0 Å². The molecule has 1 aromatic carbocycles. The molecule has 1 atom stereocenters. The zero-order chi connectivity index (χ0) is 15.3. The van der Waals surface area contributed by atoms with Crippen LogP contribution in [0.1, 0.15) is 32.8 Å². The Bertz CT molecular complexity index is 472. The van der Waals surface area contributed by atoms with Crippen molar-refractivity contribution < 1.29 is 10.0 Å². The fourth-order valence-corrected chi connectivity index (χ4v) is 2.53. The molecule has 20 heavy (non-hydrogen) atoms. The Labute approximate surface area is 127 Å². The lowest BCUT2D eigenvalue weighted by molar-refractivity contribution is -0.385. The Hall–Kier alpha value is -0.980. The van der Waals surface area contributed by atoms with E-state index < -0.39 is 11.0 Å². The molecule has 0 radical (unpaired) electrons. The van der Waals surface area contributed by atoms with Gasteiger partial charge >= 0.3 is 0 Å². The molecule has 0 fully saturated rings. The number of hydrogen-bond acceptors (Lipinski definition) is 4. The first-order valence-electron chi connectivity index (χ1n) is 6.50. The highest BCUT2D eigenvalue weighted by Crippen LogP contribution is 2.22. The summed E-state index contributed by atoms with van der Waals surface area (Å²) in [6.45, 7) is 7.19. The van der Waals surface area contributed by atoms with Crippen LogP contribution >= 0.6 is 15.9 Å². The number of rotatable bonds is 6. The Kier molecular flexibility index (Phi) is 6.10. The molecular weight excluding hydrogens is 324 g/mol. The second kappa shape index (κ2) is 7.15. The van der Waals surface area contributed by atoms with E-state index in [9.17, 15) is 15.2 Å². The minimum Gasteiger partial charge on any atom is -0.392 e. The fourth-order valence-electron chi connectivity index (χ4n) is 2.00. The van der Waals surface area contributed by atoms with Crippen LogP contribution in [0, 0.1) is 15.5 Å². The summed E-state index contributed by atoms with van der Waals surface area (Å²) in [5.74, 6) is 0. The van der Waals surface area contributed by atoms with Gasteiger partial charge in [-0.3, -0.25) is 10.1 Å². The molecule has 0 bridgehead atoms. The number of non-ortho nitro benzene ring substituents is 1. The van der Waals surface area contributed by atoms with Crippen molar-refractivity contribution in [3.63, 3.8) is 0 Å². The smallest absolute Gasteiger partial charge is 0.270 e. The first-order valence-corrected chi connectivity index (χ1v) is 7.29. The maximum atomic E-state index is 10.8. The monoisotopic (exact) mass is 344 g/mol. The maximum Gasteiger partial charge on any atom is 0.270 e. The highest BCUT2D eigenvalue weighted by atomic mass is 79.9. The summed E-state index contributed by atoms with van der Waals surface area (Å²) in [4.78, 5) is 10.4. The molecule has 0 aliphatic heterocycles. The van der Waals surface area contributed by atoms with Crippen LogP contribution in [-0.2, 0) is 6.54 Å². The van der Waals surface area contributed by atoms with Crippen molar-refractivity contribution in [1.29, 1.82) is 0 Å². The molecule has 0 aromatic heterocycles. The summed E-state index contributed by atoms with van der Waals surface area (Å²) in [7, 11) is 0. The third-order valence-electron chi connectivity index (χ3n) is 2.71. The van der Waals surface area contributed by atoms with Gasteiger partial charge in [0.25, 0.3) is 5.69 Å². The second-order valence-electron chi connectivity index (χ2n) is 6.12. The predicted molar refractivity (Wildman–Crippen MR) is 82.6 cm³/mol. The zero-order valence-electron chi connectivity index (χ0n) is 12.0. The van der Waals surface area contributed by atoms with Crippen LogP contribution < -0.4 is 5.32 Å². The van der Waals surface area contributed by atoms with Crippen molar-refractivity contribution in [2.24, 2.45) is 5.41 Å². The standard InChI is InChI=1S/C14H21BrN2O3/c1-14(2,3)7-13(18)9-16-8-10-4-11(15)6-12(5-10)17(19)20/h4-6,13,16,18H,7-9H2,1-3H3. The van der Waals surface area contributed by atoms with Gasteiger partial charge in [0.05, 0.1) is 11.0 Å². The lowest BCUT2D eigenvalue weighted by Crippen LogP contribution is -2.29. The van der Waals surface area contributed by atoms with Gasteiger partial charge in [-0.15, -0.1) is 0 Å². The average Bonchev–Trinajstić information content (AvgIpc) is 2.25. The predicted octanol–water partition coefficient (Wildman–Crippen LogP) is 3.24. The molecule has 0 amide bonds. The van der Waals surface area contributed by atoms with Gasteiger partial charge in [0.15, 0.2) is 0 Å². The molecule has 1 rings (SSSR count). The number of nitrogens with one attached hydrogen (secondary N) is 1. The summed E-state index contributed by atoms with van der Waals surface area (Å²) in [6.07, 6.45) is 0.288. The average molecular weight is 345 g/mol. The topological polar surface area (TPSA) is 75.4 Å². The van der Waals surface area contributed by atoms with E-state index in [1.165, 1.54) is 12.1 Å². The summed E-state index contributed by atoms with van der Waals surface area (Å²) in [5.41, 5.74) is 0.954. The van der Waals surface area contributed by atoms with Crippen LogP contribution in [0.25, 0.3) is 0 Å². The molecule has 0 saturated heterocycles. The number of nitro benzene ring substituents is 1. The molecule has 1 unspecified atom stereocenters. The SMILES string of the molecule is CC(C)(C)CC(O)CNCc1cc(Br)cc([N+](=O)[O-])c1. The lowest BCUT2D eigenvalue weighted by atomic mass is 9.89. The van der Waals surface area contributed by atoms with Crippen LogP contribution in [0.2, 0.25) is 0 Å². The van der Waals surface area contributed by atoms with Crippen molar-refractivity contribution in [2.75, 3.05) is 6.54 Å². The molecule has 0 aliphatic rings. The molecule has 112 valence electrons. The van der Waals surface area contributed by atoms with E-state index in [1.807, 2.05) is 6.07 Å². The number of halogens is 1. The maximum absolute atomic E-state index is 10.8. The number of nitro groups is 1. The van der Waals surface area contributed by atoms with Crippen molar-refractivity contribution >= 4 is 21.6 Å². The van der Waals surface area contributed by atoms with Gasteiger partial charge in [0.2, 0.25) is 0 Å². The van der Waals surface area contributed by atoms with Crippen LogP contribution in [0.3, 0.4) is 0 Å². The summed E-state index contributed by atoms with van der Waals surface area (Å²) < 4.78 is 0.679. The summed E-state index contributed by atoms with van der Waals surface area (Å²) in [5, 5.41) is 23.8. The van der Waals surface area contributed by atoms with Gasteiger partial charge in [0.1, 0.15) is 0 Å². The molecular formula is C14H21BrN2O3. The minimum absolute atomic E-state index is 0.0615. The van der Waals surface area contributed by atoms with Crippen LogP contribution in [0.5, 0.6) is 0 Å². The minimum atomic E-state index is -0.419. The van der Waals surface area contributed by atoms with E-state index in [-0.39, 0.29) is 11.1 Å². The van der Waals surface area contributed by atoms with Crippen molar-refractivity contribution in [1.82, 2.24) is 5.32 Å². The fraction of sp³-hybridized carbons (Fsp3) is 0.571. The van der Waals surface area contributed by atoms with E-state index >= 15 is 0 Å². The molecule has 2 N–H and O–H groups in total. The third kappa shape index (κ3) is 6.45. The lowest BCUT2D eigenvalue weighted by Gasteiger charge is -2.22. The third-order valence-corrected chi connectivity index (χ3v) is 3.17. The van der Waals surface area contributed by atoms with E-state index in [4.69, 9.17) is 0 Å². The van der Waals surface area contributed by atoms with Gasteiger partial charge in [-0.1, -0.05) is 36.7 Å². The van der Waals surface area contributed by atoms with Crippen LogP contribution in [0.15, 0.2) is 22.7 Å². The van der Waals surface area contributed by atoms with E-state index in [0.29, 0.717) is 24.0 Å². The van der Waals surface area contributed by atoms with Gasteiger partial charge in [0, 0.05) is 29.7 Å². The molecule has 6 heteroatoms. The number of aliphatic hydroxyl groups excluding tert-OH is 1. The van der Waals surface area contributed by atoms with E-state index in [1.54, 1.807) is 0 Å². The largest absolute Gasteiger partial charge is 0.392 e. The van der Waals surface area contributed by atoms with Gasteiger partial charge in [-0.25, -0.2) is 0 Å². The zero-order valence-corrected chi connectivity index (χ0v) is 13.6. The quantitative estimate of drug-likeness (QED) is 0.613. The van der Waals surface area contributed by atoms with Gasteiger partial charge in [-0.05, 0) is 23.5 Å². The molecule has 0 heterocycles. The molecule has 1 aromatic rings. The molecule has 5 nitrogen and oxygen atoms in total. The first kappa shape index (κ1) is 17.1. The number of hydrogen-bond donors (Lipinski definition) is 2. The van der Waals surface area contributed by atoms with Crippen molar-refractivity contribution in [2.45, 2.75) is 39.8 Å². The number of aliphatic hydroxyl groups is 1. The highest BCUT2D eigenvalue weighted by Gasteiger charge is 2.16. The van der Waals surface area contributed by atoms with Crippen LogP contribution in [0.4, 0.5) is 5.69 Å². The molecule has 0 saturated carbocycles. The van der Waals surface area contributed by atoms with E-state index in [2.05, 4.69) is 42.0 Å². The number of nitrogens with zero attached hydrogens (tertiary/aromatic N) is 1. The second-order valence-corrected chi connectivity index (χ2v) is 7.04. The normalized spacial score (nSPS) is 13.2. The molecule has 0 spiro atoms. The Morgan fingerprint density at radius 1 is 1.40 bits per heavy atom. The van der Waals surface area contributed by atoms with Gasteiger partial charge < -0.3 is 10.4 Å². The van der Waals surface area contributed by atoms with Crippen molar-refractivity contribution in [3.8, 4) is 0 Å². The first-order chi connectivity index (χ1) is 9.17. The summed E-state index contributed by atoms with van der Waals surface area (Å²) in [6, 6.07) is 4.84. The van der Waals surface area contributed by atoms with Crippen LogP contribution in [-0.4, -0.2) is 22.7 Å².